The number of nitrogens with zero attached hydrogens (tertiary/aromatic N) is 2. The summed E-state index contributed by atoms with van der Waals surface area (Å²) in [5, 5.41) is 6.55. The van der Waals surface area contributed by atoms with Gasteiger partial charge in [0.15, 0.2) is 0 Å². The second-order valence-electron chi connectivity index (χ2n) is 4.49. The van der Waals surface area contributed by atoms with E-state index in [1.807, 2.05) is 14.0 Å². The summed E-state index contributed by atoms with van der Waals surface area (Å²) in [5.74, 6) is 1.80. The van der Waals surface area contributed by atoms with Crippen molar-refractivity contribution >= 4 is 11.6 Å². The van der Waals surface area contributed by atoms with E-state index in [9.17, 15) is 0 Å². The number of ether oxygens (including phenoxy) is 1. The summed E-state index contributed by atoms with van der Waals surface area (Å²) in [6.45, 7) is 4.96. The lowest BCUT2D eigenvalue weighted by molar-refractivity contribution is 0.0231. The van der Waals surface area contributed by atoms with Crippen LogP contribution in [0.2, 0.25) is 0 Å². The van der Waals surface area contributed by atoms with Crippen molar-refractivity contribution in [1.82, 2.24) is 9.97 Å². The van der Waals surface area contributed by atoms with Gasteiger partial charge in [-0.05, 0) is 26.7 Å². The minimum atomic E-state index is 0.326. The summed E-state index contributed by atoms with van der Waals surface area (Å²) >= 11 is 0. The molecule has 1 aromatic heterocycles. The van der Waals surface area contributed by atoms with Gasteiger partial charge in [0.1, 0.15) is 18.0 Å². The van der Waals surface area contributed by atoms with Crippen LogP contribution in [0.4, 0.5) is 11.6 Å². The van der Waals surface area contributed by atoms with E-state index in [1.165, 1.54) is 0 Å². The van der Waals surface area contributed by atoms with Crippen LogP contribution in [-0.4, -0.2) is 35.8 Å². The topological polar surface area (TPSA) is 59.1 Å². The maximum absolute atomic E-state index is 5.54. The van der Waals surface area contributed by atoms with E-state index >= 15 is 0 Å². The van der Waals surface area contributed by atoms with Crippen LogP contribution in [0.15, 0.2) is 6.33 Å². The standard InChI is InChI=1S/C12H20N4O/c1-8-6-10(4-5-17-8)16-12-9(2)11(13-3)14-7-15-12/h7-8,10H,4-6H2,1-3H3,(H2,13,14,15,16). The third-order valence-electron chi connectivity index (χ3n) is 3.15. The van der Waals surface area contributed by atoms with Crippen LogP contribution >= 0.6 is 0 Å². The summed E-state index contributed by atoms with van der Waals surface area (Å²) < 4.78 is 5.54. The Morgan fingerprint density at radius 3 is 2.82 bits per heavy atom. The lowest BCUT2D eigenvalue weighted by Gasteiger charge is -2.28. The molecule has 94 valence electrons. The smallest absolute Gasteiger partial charge is 0.134 e. The van der Waals surface area contributed by atoms with Crippen molar-refractivity contribution in [2.24, 2.45) is 0 Å². The molecule has 5 heteroatoms. The molecule has 0 spiro atoms. The number of aromatic nitrogens is 2. The Hall–Kier alpha value is -1.36. The van der Waals surface area contributed by atoms with Crippen LogP contribution in [0.3, 0.4) is 0 Å². The van der Waals surface area contributed by atoms with E-state index in [0.717, 1.165) is 36.6 Å². The Morgan fingerprint density at radius 1 is 1.35 bits per heavy atom. The van der Waals surface area contributed by atoms with Gasteiger partial charge >= 0.3 is 0 Å². The van der Waals surface area contributed by atoms with Crippen LogP contribution in [0.25, 0.3) is 0 Å². The minimum Gasteiger partial charge on any atom is -0.378 e. The van der Waals surface area contributed by atoms with E-state index in [0.29, 0.717) is 12.1 Å². The van der Waals surface area contributed by atoms with Crippen LogP contribution in [0.1, 0.15) is 25.3 Å². The van der Waals surface area contributed by atoms with Gasteiger partial charge < -0.3 is 15.4 Å². The first kappa shape index (κ1) is 12.1. The molecule has 2 unspecified atom stereocenters. The van der Waals surface area contributed by atoms with Gasteiger partial charge in [-0.25, -0.2) is 9.97 Å². The van der Waals surface area contributed by atoms with Gasteiger partial charge in [0.25, 0.3) is 0 Å². The molecule has 0 saturated carbocycles. The summed E-state index contributed by atoms with van der Waals surface area (Å²) in [6, 6.07) is 0.442. The molecule has 2 atom stereocenters. The number of hydrogen-bond acceptors (Lipinski definition) is 5. The van der Waals surface area contributed by atoms with Crippen LogP contribution < -0.4 is 10.6 Å². The van der Waals surface area contributed by atoms with Gasteiger partial charge in [0, 0.05) is 25.3 Å². The first-order valence-corrected chi connectivity index (χ1v) is 6.08. The number of rotatable bonds is 3. The maximum atomic E-state index is 5.54. The molecule has 0 radical (unpaired) electrons. The molecule has 1 aliphatic heterocycles. The molecule has 1 aliphatic rings. The Balaban J connectivity index is 2.07. The van der Waals surface area contributed by atoms with Gasteiger partial charge in [-0.3, -0.25) is 0 Å². The van der Waals surface area contributed by atoms with Gasteiger partial charge in [0.2, 0.25) is 0 Å². The Labute approximate surface area is 102 Å². The highest BCUT2D eigenvalue weighted by atomic mass is 16.5. The third-order valence-corrected chi connectivity index (χ3v) is 3.15. The second kappa shape index (κ2) is 5.31. The third kappa shape index (κ3) is 2.85. The van der Waals surface area contributed by atoms with Crippen LogP contribution in [-0.2, 0) is 4.74 Å². The molecule has 2 N–H and O–H groups in total. The van der Waals surface area contributed by atoms with Crippen molar-refractivity contribution in [3.8, 4) is 0 Å². The summed E-state index contributed by atoms with van der Waals surface area (Å²) in [4.78, 5) is 8.48. The molecular formula is C12H20N4O. The zero-order valence-electron chi connectivity index (χ0n) is 10.7. The maximum Gasteiger partial charge on any atom is 0.134 e. The van der Waals surface area contributed by atoms with Crippen LogP contribution in [0, 0.1) is 6.92 Å². The fourth-order valence-corrected chi connectivity index (χ4v) is 2.17. The Bertz CT molecular complexity index is 383. The first-order chi connectivity index (χ1) is 8.20. The zero-order valence-corrected chi connectivity index (χ0v) is 10.7. The summed E-state index contributed by atoms with van der Waals surface area (Å²) in [6.07, 6.45) is 3.97. The minimum absolute atomic E-state index is 0.326. The molecule has 0 aromatic carbocycles. The summed E-state index contributed by atoms with van der Waals surface area (Å²) in [5.41, 5.74) is 1.06. The molecule has 1 saturated heterocycles. The molecule has 0 aliphatic carbocycles. The van der Waals surface area contributed by atoms with Gasteiger partial charge in [0.05, 0.1) is 6.10 Å². The average molecular weight is 236 g/mol. The molecule has 0 amide bonds. The molecule has 1 fully saturated rings. The van der Waals surface area contributed by atoms with Crippen molar-refractivity contribution in [1.29, 1.82) is 0 Å². The van der Waals surface area contributed by atoms with Crippen molar-refractivity contribution in [3.63, 3.8) is 0 Å². The number of hydrogen-bond donors (Lipinski definition) is 2. The second-order valence-corrected chi connectivity index (χ2v) is 4.49. The lowest BCUT2D eigenvalue weighted by atomic mass is 10.0. The highest BCUT2D eigenvalue weighted by molar-refractivity contribution is 5.56. The highest BCUT2D eigenvalue weighted by Gasteiger charge is 2.20. The zero-order chi connectivity index (χ0) is 12.3. The molecule has 5 nitrogen and oxygen atoms in total. The summed E-state index contributed by atoms with van der Waals surface area (Å²) in [7, 11) is 1.87. The van der Waals surface area contributed by atoms with Gasteiger partial charge in [-0.2, -0.15) is 0 Å². The van der Waals surface area contributed by atoms with Crippen molar-refractivity contribution in [3.05, 3.63) is 11.9 Å². The normalized spacial score (nSPS) is 24.4. The molecular weight excluding hydrogens is 216 g/mol. The fourth-order valence-electron chi connectivity index (χ4n) is 2.17. The molecule has 0 bridgehead atoms. The van der Waals surface area contributed by atoms with Gasteiger partial charge in [-0.1, -0.05) is 0 Å². The van der Waals surface area contributed by atoms with Crippen molar-refractivity contribution in [2.75, 3.05) is 24.3 Å². The average Bonchev–Trinajstić information content (AvgIpc) is 2.32. The highest BCUT2D eigenvalue weighted by Crippen LogP contribution is 2.22. The monoisotopic (exact) mass is 236 g/mol. The van der Waals surface area contributed by atoms with E-state index in [1.54, 1.807) is 6.33 Å². The largest absolute Gasteiger partial charge is 0.378 e. The molecule has 2 heterocycles. The van der Waals surface area contributed by atoms with Crippen molar-refractivity contribution in [2.45, 2.75) is 38.8 Å². The first-order valence-electron chi connectivity index (χ1n) is 6.08. The van der Waals surface area contributed by atoms with E-state index in [-0.39, 0.29) is 0 Å². The lowest BCUT2D eigenvalue weighted by Crippen LogP contribution is -2.33. The van der Waals surface area contributed by atoms with Gasteiger partial charge in [-0.15, -0.1) is 0 Å². The molecule has 2 rings (SSSR count). The van der Waals surface area contributed by atoms with E-state index in [4.69, 9.17) is 4.74 Å². The predicted molar refractivity (Wildman–Crippen MR) is 68.4 cm³/mol. The van der Waals surface area contributed by atoms with Crippen molar-refractivity contribution < 1.29 is 4.74 Å². The fraction of sp³-hybridized carbons (Fsp3) is 0.667. The number of nitrogens with one attached hydrogen (secondary N) is 2. The molecule has 17 heavy (non-hydrogen) atoms. The van der Waals surface area contributed by atoms with Crippen LogP contribution in [0.5, 0.6) is 0 Å². The number of anilines is 2. The predicted octanol–water partition coefficient (Wildman–Crippen LogP) is 1.81. The molecule has 1 aromatic rings. The quantitative estimate of drug-likeness (QED) is 0.838. The van der Waals surface area contributed by atoms with E-state index < -0.39 is 0 Å². The van der Waals surface area contributed by atoms with E-state index in [2.05, 4.69) is 27.5 Å². The SMILES string of the molecule is CNc1ncnc(NC2CCOC(C)C2)c1C. The Morgan fingerprint density at radius 2 is 2.12 bits per heavy atom. The Kier molecular flexibility index (Phi) is 3.78.